The summed E-state index contributed by atoms with van der Waals surface area (Å²) in [5.41, 5.74) is 3.98. The Kier molecular flexibility index (Phi) is 5.94. The Hall–Kier alpha value is -2.95. The molecule has 0 heterocycles. The lowest BCUT2D eigenvalue weighted by Gasteiger charge is -2.22. The van der Waals surface area contributed by atoms with Crippen molar-refractivity contribution in [2.75, 3.05) is 7.11 Å². The Morgan fingerprint density at radius 2 is 2.00 bits per heavy atom. The average molecular weight is 421 g/mol. The van der Waals surface area contributed by atoms with E-state index < -0.39 is 11.9 Å². The number of allylic oxidation sites excluding steroid dienone is 1. The first-order valence-corrected chi connectivity index (χ1v) is 10.6. The van der Waals surface area contributed by atoms with Gasteiger partial charge in [0.15, 0.2) is 0 Å². The molecule has 4 nitrogen and oxygen atoms in total. The normalized spacial score (nSPS) is 23.3. The van der Waals surface area contributed by atoms with Crippen molar-refractivity contribution < 1.29 is 23.8 Å². The van der Waals surface area contributed by atoms with E-state index >= 15 is 0 Å². The van der Waals surface area contributed by atoms with Crippen LogP contribution in [0.4, 0.5) is 4.39 Å². The Morgan fingerprint density at radius 3 is 2.61 bits per heavy atom. The number of aliphatic carboxylic acids is 1. The smallest absolute Gasteiger partial charge is 0.315 e. The number of ether oxygens (including phenoxy) is 1. The Bertz CT molecular complexity index is 1040. The zero-order chi connectivity index (χ0) is 22.1. The van der Waals surface area contributed by atoms with Crippen molar-refractivity contribution in [2.45, 2.75) is 37.5 Å². The molecule has 2 saturated carbocycles. The molecule has 0 amide bonds. The second kappa shape index (κ2) is 8.66. The van der Waals surface area contributed by atoms with Gasteiger partial charge in [-0.25, -0.2) is 4.39 Å². The molecule has 2 aromatic carbocycles. The number of hydrogen-bond acceptors (Lipinski definition) is 3. The zero-order valence-electron chi connectivity index (χ0n) is 17.5. The van der Waals surface area contributed by atoms with Crippen LogP contribution in [0.15, 0.2) is 53.6 Å². The van der Waals surface area contributed by atoms with Gasteiger partial charge >= 0.3 is 5.97 Å². The van der Waals surface area contributed by atoms with Gasteiger partial charge in [-0.2, -0.15) is 0 Å². The molecule has 2 aliphatic rings. The summed E-state index contributed by atoms with van der Waals surface area (Å²) in [4.78, 5) is 24.4. The van der Waals surface area contributed by atoms with Gasteiger partial charge in [0.2, 0.25) is 0 Å². The highest BCUT2D eigenvalue weighted by molar-refractivity contribution is 5.82. The molecule has 0 aliphatic heterocycles. The molecule has 0 saturated heterocycles. The number of carboxylic acid groups (broad SMARTS) is 1. The van der Waals surface area contributed by atoms with E-state index in [1.807, 2.05) is 6.07 Å². The molecule has 161 valence electrons. The molecule has 4 rings (SSSR count). The van der Waals surface area contributed by atoms with E-state index in [1.54, 1.807) is 31.4 Å². The number of carboxylic acids is 1. The molecule has 2 aromatic rings. The second-order valence-corrected chi connectivity index (χ2v) is 8.54. The van der Waals surface area contributed by atoms with Crippen molar-refractivity contribution in [1.82, 2.24) is 0 Å². The van der Waals surface area contributed by atoms with Crippen LogP contribution < -0.4 is 4.74 Å². The van der Waals surface area contributed by atoms with Gasteiger partial charge in [0.05, 0.1) is 7.11 Å². The maximum atomic E-state index is 13.8. The minimum Gasteiger partial charge on any atom is -0.497 e. The first-order chi connectivity index (χ1) is 14.9. The molecule has 3 unspecified atom stereocenters. The van der Waals surface area contributed by atoms with Crippen LogP contribution >= 0.6 is 0 Å². The van der Waals surface area contributed by atoms with Crippen molar-refractivity contribution in [3.8, 4) is 5.75 Å². The highest BCUT2D eigenvalue weighted by Gasteiger charge is 2.42. The molecule has 1 radical (unpaired) electrons. The van der Waals surface area contributed by atoms with Crippen LogP contribution in [0.25, 0.3) is 0 Å². The number of methoxy groups -OCH3 is 1. The van der Waals surface area contributed by atoms with Crippen LogP contribution in [0.2, 0.25) is 0 Å². The van der Waals surface area contributed by atoms with Gasteiger partial charge in [-0.3, -0.25) is 4.79 Å². The molecule has 2 fully saturated rings. The lowest BCUT2D eigenvalue weighted by molar-refractivity contribution is -0.138. The maximum absolute atomic E-state index is 13.8. The molecule has 1 N–H and O–H groups in total. The number of halogens is 1. The average Bonchev–Trinajstić information content (AvgIpc) is 3.50. The molecular formula is C26H26FO4. The number of carbonyl (C=O) groups excluding carboxylic acids is 1. The summed E-state index contributed by atoms with van der Waals surface area (Å²) in [6.07, 6.45) is 3.89. The Morgan fingerprint density at radius 1 is 1.23 bits per heavy atom. The summed E-state index contributed by atoms with van der Waals surface area (Å²) >= 11 is 0. The molecule has 0 spiro atoms. The van der Waals surface area contributed by atoms with Crippen LogP contribution in [-0.4, -0.2) is 24.5 Å². The molecule has 31 heavy (non-hydrogen) atoms. The summed E-state index contributed by atoms with van der Waals surface area (Å²) < 4.78 is 19.1. The number of carbonyl (C=O) groups is 2. The van der Waals surface area contributed by atoms with Crippen LogP contribution in [0, 0.1) is 24.6 Å². The van der Waals surface area contributed by atoms with E-state index in [4.69, 9.17) is 4.74 Å². The van der Waals surface area contributed by atoms with Crippen LogP contribution in [0.1, 0.15) is 54.2 Å². The summed E-state index contributed by atoms with van der Waals surface area (Å²) in [5, 5.41) is 10.2. The zero-order valence-corrected chi connectivity index (χ0v) is 17.5. The third kappa shape index (κ3) is 4.27. The summed E-state index contributed by atoms with van der Waals surface area (Å²) in [5.74, 6) is -1.74. The van der Waals surface area contributed by atoms with Gasteiger partial charge < -0.3 is 14.6 Å². The predicted octanol–water partition coefficient (Wildman–Crippen LogP) is 5.28. The fourth-order valence-corrected chi connectivity index (χ4v) is 4.93. The first-order valence-electron chi connectivity index (χ1n) is 10.6. The number of hydrogen-bond donors (Lipinski definition) is 1. The minimum absolute atomic E-state index is 0.143. The highest BCUT2D eigenvalue weighted by atomic mass is 19.1. The quantitative estimate of drug-likeness (QED) is 0.488. The SMILES string of the molecule is [CH2]c1ccc(OC)cc1C(C(=O)O)/C(=C1/CC(C=O)C(c2cccc(F)c2)C1)C1CC1. The minimum atomic E-state index is -0.926. The number of benzene rings is 2. The molecule has 0 aromatic heterocycles. The topological polar surface area (TPSA) is 63.6 Å². The molecule has 3 atom stereocenters. The summed E-state index contributed by atoms with van der Waals surface area (Å²) in [6, 6.07) is 11.7. The van der Waals surface area contributed by atoms with Crippen molar-refractivity contribution >= 4 is 12.3 Å². The fraction of sp³-hybridized carbons (Fsp3) is 0.346. The summed E-state index contributed by atoms with van der Waals surface area (Å²) in [7, 11) is 1.55. The van der Waals surface area contributed by atoms with Crippen molar-refractivity contribution in [3.63, 3.8) is 0 Å². The van der Waals surface area contributed by atoms with Crippen molar-refractivity contribution in [3.05, 3.63) is 83.0 Å². The lowest BCUT2D eigenvalue weighted by Crippen LogP contribution is -2.18. The van der Waals surface area contributed by atoms with Crippen LogP contribution in [0.5, 0.6) is 5.75 Å². The third-order valence-electron chi connectivity index (χ3n) is 6.56. The molecule has 5 heteroatoms. The van der Waals surface area contributed by atoms with Gasteiger partial charge in [-0.1, -0.05) is 23.8 Å². The second-order valence-electron chi connectivity index (χ2n) is 8.54. The van der Waals surface area contributed by atoms with Crippen LogP contribution in [0.3, 0.4) is 0 Å². The number of aldehydes is 1. The largest absolute Gasteiger partial charge is 0.497 e. The van der Waals surface area contributed by atoms with Gasteiger partial charge in [-0.15, -0.1) is 0 Å². The number of rotatable bonds is 7. The van der Waals surface area contributed by atoms with E-state index in [2.05, 4.69) is 6.92 Å². The first kappa shape index (κ1) is 21.3. The van der Waals surface area contributed by atoms with Gasteiger partial charge in [0.25, 0.3) is 0 Å². The monoisotopic (exact) mass is 421 g/mol. The van der Waals surface area contributed by atoms with Gasteiger partial charge in [0.1, 0.15) is 23.8 Å². The van der Waals surface area contributed by atoms with E-state index in [-0.39, 0.29) is 23.6 Å². The fourth-order valence-electron chi connectivity index (χ4n) is 4.93. The standard InChI is InChI=1S/C26H26FO4/c1-15-6-9-21(31-2)13-22(15)25(26(29)30)24(16-7-8-16)18-10-19(14-28)23(12-18)17-4-3-5-20(27)11-17/h3-6,9,11,13-14,16,19,23,25H,1,7-8,10,12H2,2H3,(H,29,30)/b24-18-. The third-order valence-corrected chi connectivity index (χ3v) is 6.56. The maximum Gasteiger partial charge on any atom is 0.315 e. The van der Waals surface area contributed by atoms with Crippen LogP contribution in [-0.2, 0) is 9.59 Å². The van der Waals surface area contributed by atoms with E-state index in [9.17, 15) is 19.1 Å². The predicted molar refractivity (Wildman–Crippen MR) is 116 cm³/mol. The Balaban J connectivity index is 1.80. The van der Waals surface area contributed by atoms with E-state index in [0.717, 1.165) is 35.8 Å². The molecule has 2 aliphatic carbocycles. The Labute approximate surface area is 181 Å². The highest BCUT2D eigenvalue weighted by Crippen LogP contribution is 2.52. The van der Waals surface area contributed by atoms with Crippen molar-refractivity contribution in [1.29, 1.82) is 0 Å². The van der Waals surface area contributed by atoms with Crippen molar-refractivity contribution in [2.24, 2.45) is 11.8 Å². The summed E-state index contributed by atoms with van der Waals surface area (Å²) in [6.45, 7) is 4.05. The molecular weight excluding hydrogens is 395 g/mol. The van der Waals surface area contributed by atoms with E-state index in [1.165, 1.54) is 12.1 Å². The lowest BCUT2D eigenvalue weighted by atomic mass is 9.82. The molecule has 0 bridgehead atoms. The van der Waals surface area contributed by atoms with E-state index in [0.29, 0.717) is 29.7 Å². The van der Waals surface area contributed by atoms with Gasteiger partial charge in [-0.05, 0) is 91.0 Å². The van der Waals surface area contributed by atoms with Gasteiger partial charge in [0, 0.05) is 5.92 Å².